The van der Waals surface area contributed by atoms with Crippen molar-refractivity contribution in [2.75, 3.05) is 0 Å². The molecule has 96 valence electrons. The maximum Gasteiger partial charge on any atom is 0.336 e. The first kappa shape index (κ1) is 15.4. The summed E-state index contributed by atoms with van der Waals surface area (Å²) >= 11 is 0. The van der Waals surface area contributed by atoms with Gasteiger partial charge in [-0.2, -0.15) is 0 Å². The molecule has 0 aromatic carbocycles. The fourth-order valence-electron chi connectivity index (χ4n) is 1.10. The number of hydrogen-bond donors (Lipinski definition) is 0. The number of ether oxygens (including phenoxy) is 2. The Morgan fingerprint density at radius 2 is 1.94 bits per heavy atom. The molecule has 0 aliphatic heterocycles. The van der Waals surface area contributed by atoms with Gasteiger partial charge in [-0.25, -0.2) is 9.59 Å². The summed E-state index contributed by atoms with van der Waals surface area (Å²) < 4.78 is 9.93. The molecule has 1 unspecified atom stereocenters. The molecule has 17 heavy (non-hydrogen) atoms. The van der Waals surface area contributed by atoms with Crippen molar-refractivity contribution in [2.24, 2.45) is 0 Å². The molecule has 1 atom stereocenters. The monoisotopic (exact) mass is 240 g/mol. The Labute approximate surface area is 102 Å². The molecule has 0 radical (unpaired) electrons. The first-order chi connectivity index (χ1) is 8.01. The predicted molar refractivity (Wildman–Crippen MR) is 65.1 cm³/mol. The van der Waals surface area contributed by atoms with E-state index in [0.29, 0.717) is 6.42 Å². The van der Waals surface area contributed by atoms with Crippen molar-refractivity contribution in [1.29, 1.82) is 0 Å². The Hall–Kier alpha value is -1.58. The molecule has 0 bridgehead atoms. The zero-order valence-corrected chi connectivity index (χ0v) is 10.5. The van der Waals surface area contributed by atoms with Gasteiger partial charge in [0.15, 0.2) is 0 Å². The van der Waals surface area contributed by atoms with Crippen molar-refractivity contribution in [2.45, 2.75) is 45.8 Å². The lowest BCUT2D eigenvalue weighted by atomic mass is 10.2. The van der Waals surface area contributed by atoms with Gasteiger partial charge in [0, 0.05) is 18.1 Å². The molecule has 0 rings (SSSR count). The zero-order chi connectivity index (χ0) is 13.3. The highest BCUT2D eigenvalue weighted by atomic mass is 16.7. The van der Waals surface area contributed by atoms with E-state index in [1.54, 1.807) is 6.92 Å². The van der Waals surface area contributed by atoms with Crippen LogP contribution in [0.1, 0.15) is 39.5 Å². The van der Waals surface area contributed by atoms with Crippen LogP contribution in [-0.4, -0.2) is 18.2 Å². The third-order valence-electron chi connectivity index (χ3n) is 2.04. The van der Waals surface area contributed by atoms with Crippen LogP contribution >= 0.6 is 0 Å². The number of esters is 2. The van der Waals surface area contributed by atoms with Crippen molar-refractivity contribution in [3.8, 4) is 0 Å². The molecular weight excluding hydrogens is 220 g/mol. The number of carbonyl (C=O) groups is 2. The van der Waals surface area contributed by atoms with E-state index in [1.807, 2.05) is 0 Å². The highest BCUT2D eigenvalue weighted by molar-refractivity contribution is 5.87. The molecule has 0 spiro atoms. The second kappa shape index (κ2) is 8.56. The van der Waals surface area contributed by atoms with Gasteiger partial charge in [0.05, 0.1) is 0 Å². The van der Waals surface area contributed by atoms with Gasteiger partial charge >= 0.3 is 11.9 Å². The van der Waals surface area contributed by atoms with Crippen molar-refractivity contribution in [1.82, 2.24) is 0 Å². The Morgan fingerprint density at radius 3 is 2.41 bits per heavy atom. The van der Waals surface area contributed by atoms with Gasteiger partial charge in [0.1, 0.15) is 0 Å². The van der Waals surface area contributed by atoms with E-state index in [9.17, 15) is 9.59 Å². The van der Waals surface area contributed by atoms with E-state index in [4.69, 9.17) is 9.47 Å². The molecule has 0 saturated carbocycles. The quantitative estimate of drug-likeness (QED) is 0.283. The lowest BCUT2D eigenvalue weighted by molar-refractivity contribution is -0.182. The highest BCUT2D eigenvalue weighted by Crippen LogP contribution is 2.10. The third kappa shape index (κ3) is 7.33. The summed E-state index contributed by atoms with van der Waals surface area (Å²) in [7, 11) is 0. The van der Waals surface area contributed by atoms with E-state index >= 15 is 0 Å². The topological polar surface area (TPSA) is 52.6 Å². The van der Waals surface area contributed by atoms with Gasteiger partial charge < -0.3 is 9.47 Å². The van der Waals surface area contributed by atoms with Gasteiger partial charge in [-0.15, -0.1) is 0 Å². The minimum atomic E-state index is -0.851. The molecule has 0 N–H and O–H groups in total. The molecule has 4 nitrogen and oxygen atoms in total. The molecule has 0 fully saturated rings. The average Bonchev–Trinajstić information content (AvgIpc) is 2.28. The average molecular weight is 240 g/mol. The number of carbonyl (C=O) groups excluding carboxylic acids is 2. The van der Waals surface area contributed by atoms with Crippen LogP contribution < -0.4 is 0 Å². The Morgan fingerprint density at radius 1 is 1.29 bits per heavy atom. The van der Waals surface area contributed by atoms with E-state index in [1.165, 1.54) is 0 Å². The summed E-state index contributed by atoms with van der Waals surface area (Å²) in [4.78, 5) is 22.4. The molecule has 0 saturated heterocycles. The predicted octanol–water partition coefficient (Wildman–Crippen LogP) is 2.74. The minimum Gasteiger partial charge on any atom is -0.422 e. The summed E-state index contributed by atoms with van der Waals surface area (Å²) in [5.41, 5.74) is 0.278. The van der Waals surface area contributed by atoms with Crippen molar-refractivity contribution in [3.63, 3.8) is 0 Å². The van der Waals surface area contributed by atoms with E-state index in [0.717, 1.165) is 25.3 Å². The Kier molecular flexibility index (Phi) is 7.76. The van der Waals surface area contributed by atoms with Crippen molar-refractivity contribution in [3.05, 3.63) is 24.8 Å². The smallest absolute Gasteiger partial charge is 0.336 e. The summed E-state index contributed by atoms with van der Waals surface area (Å²) in [5.74, 6) is -1.15. The van der Waals surface area contributed by atoms with E-state index < -0.39 is 18.2 Å². The van der Waals surface area contributed by atoms with Crippen LogP contribution in [0, 0.1) is 0 Å². The lowest BCUT2D eigenvalue weighted by Gasteiger charge is -2.17. The fourth-order valence-corrected chi connectivity index (χ4v) is 1.10. The van der Waals surface area contributed by atoms with Crippen LogP contribution in [0.15, 0.2) is 24.8 Å². The van der Waals surface area contributed by atoms with Crippen LogP contribution in [0.5, 0.6) is 0 Å². The molecule has 0 aliphatic carbocycles. The number of rotatable bonds is 8. The molecule has 0 aromatic rings. The van der Waals surface area contributed by atoms with Gasteiger partial charge in [-0.3, -0.25) is 0 Å². The molecule has 0 aliphatic rings. The standard InChI is InChI=1S/C13H20O4/c1-5-7-8-9-12(16-11(14)6-2)17-13(15)10(3)4/h6,12H,2-3,5,7-9H2,1,4H3. The van der Waals surface area contributed by atoms with E-state index in [-0.39, 0.29) is 5.57 Å². The van der Waals surface area contributed by atoms with Gasteiger partial charge in [0.25, 0.3) is 0 Å². The summed E-state index contributed by atoms with van der Waals surface area (Å²) in [6, 6.07) is 0. The Balaban J connectivity index is 4.28. The van der Waals surface area contributed by atoms with E-state index in [2.05, 4.69) is 20.1 Å². The third-order valence-corrected chi connectivity index (χ3v) is 2.04. The maximum atomic E-state index is 11.3. The molecule has 0 amide bonds. The Bertz CT molecular complexity index is 294. The normalized spacial score (nSPS) is 11.4. The molecule has 0 aromatic heterocycles. The van der Waals surface area contributed by atoms with Gasteiger partial charge in [-0.1, -0.05) is 32.9 Å². The SMILES string of the molecule is C=CC(=O)OC(CCCCC)OC(=O)C(=C)C. The zero-order valence-electron chi connectivity index (χ0n) is 10.5. The fraction of sp³-hybridized carbons (Fsp3) is 0.538. The van der Waals surface area contributed by atoms with Crippen molar-refractivity contribution < 1.29 is 19.1 Å². The largest absolute Gasteiger partial charge is 0.422 e. The first-order valence-corrected chi connectivity index (χ1v) is 5.70. The second-order valence-corrected chi connectivity index (χ2v) is 3.75. The number of unbranched alkanes of at least 4 members (excludes halogenated alkanes) is 2. The van der Waals surface area contributed by atoms with Crippen LogP contribution in [0.4, 0.5) is 0 Å². The summed E-state index contributed by atoms with van der Waals surface area (Å²) in [6.07, 6.45) is 3.54. The second-order valence-electron chi connectivity index (χ2n) is 3.75. The molecule has 4 heteroatoms. The van der Waals surface area contributed by atoms with Crippen molar-refractivity contribution >= 4 is 11.9 Å². The van der Waals surface area contributed by atoms with Crippen LogP contribution in [0.25, 0.3) is 0 Å². The summed E-state index contributed by atoms with van der Waals surface area (Å²) in [5, 5.41) is 0. The maximum absolute atomic E-state index is 11.3. The summed E-state index contributed by atoms with van der Waals surface area (Å²) in [6.45, 7) is 10.4. The molecule has 0 heterocycles. The van der Waals surface area contributed by atoms with Crippen LogP contribution in [0.2, 0.25) is 0 Å². The lowest BCUT2D eigenvalue weighted by Crippen LogP contribution is -2.24. The van der Waals surface area contributed by atoms with Gasteiger partial charge in [0.2, 0.25) is 6.29 Å². The minimum absolute atomic E-state index is 0.278. The first-order valence-electron chi connectivity index (χ1n) is 5.70. The molecular formula is C13H20O4. The number of hydrogen-bond acceptors (Lipinski definition) is 4. The van der Waals surface area contributed by atoms with Crippen LogP contribution in [-0.2, 0) is 19.1 Å². The highest BCUT2D eigenvalue weighted by Gasteiger charge is 2.17. The van der Waals surface area contributed by atoms with Crippen LogP contribution in [0.3, 0.4) is 0 Å². The van der Waals surface area contributed by atoms with Gasteiger partial charge in [-0.05, 0) is 13.3 Å².